The molecule has 1 fully saturated rings. The van der Waals surface area contributed by atoms with Crippen molar-refractivity contribution in [1.82, 2.24) is 10.6 Å². The number of thiophene rings is 1. The van der Waals surface area contributed by atoms with Crippen LogP contribution in [0, 0.1) is 6.92 Å². The summed E-state index contributed by atoms with van der Waals surface area (Å²) in [6, 6.07) is 16.9. The van der Waals surface area contributed by atoms with Crippen LogP contribution in [-0.2, 0) is 0 Å². The Balaban J connectivity index is 1.48. The predicted molar refractivity (Wildman–Crippen MR) is 117 cm³/mol. The normalized spacial score (nSPS) is 14.9. The Morgan fingerprint density at radius 2 is 2.00 bits per heavy atom. The summed E-state index contributed by atoms with van der Waals surface area (Å²) in [6.45, 7) is 5.94. The van der Waals surface area contributed by atoms with E-state index in [4.69, 9.17) is 0 Å². The van der Waals surface area contributed by atoms with Crippen LogP contribution < -0.4 is 16.0 Å². The standard InChI is InChI=1S/C23H25N3OS/c1-15-6-7-20(26-21-12-24-13-21)11-22(15)23(27)25-16(2)17-4-3-5-18(10-17)19-8-9-28-14-19/h3-11,14,16,21,24,26H,12-13H2,1-2H3,(H,25,27). The summed E-state index contributed by atoms with van der Waals surface area (Å²) in [7, 11) is 0. The summed E-state index contributed by atoms with van der Waals surface area (Å²) in [5, 5.41) is 14.1. The third-order valence-corrected chi connectivity index (χ3v) is 5.91. The lowest BCUT2D eigenvalue weighted by molar-refractivity contribution is 0.0939. The van der Waals surface area contributed by atoms with E-state index in [0.717, 1.165) is 35.5 Å². The number of amides is 1. The molecule has 2 aromatic carbocycles. The van der Waals surface area contributed by atoms with Crippen molar-refractivity contribution in [3.05, 3.63) is 76.0 Å². The maximum Gasteiger partial charge on any atom is 0.252 e. The molecule has 144 valence electrons. The highest BCUT2D eigenvalue weighted by Gasteiger charge is 2.18. The first-order valence-corrected chi connectivity index (χ1v) is 10.6. The molecular weight excluding hydrogens is 366 g/mol. The molecule has 1 unspecified atom stereocenters. The summed E-state index contributed by atoms with van der Waals surface area (Å²) < 4.78 is 0. The number of anilines is 1. The van der Waals surface area contributed by atoms with Crippen molar-refractivity contribution in [2.24, 2.45) is 0 Å². The number of nitrogens with one attached hydrogen (secondary N) is 3. The van der Waals surface area contributed by atoms with E-state index in [1.54, 1.807) is 11.3 Å². The van der Waals surface area contributed by atoms with Gasteiger partial charge in [-0.2, -0.15) is 11.3 Å². The molecule has 0 radical (unpaired) electrons. The molecule has 0 saturated carbocycles. The lowest BCUT2D eigenvalue weighted by Crippen LogP contribution is -2.51. The zero-order chi connectivity index (χ0) is 19.5. The van der Waals surface area contributed by atoms with Gasteiger partial charge >= 0.3 is 0 Å². The Morgan fingerprint density at radius 3 is 2.71 bits per heavy atom. The van der Waals surface area contributed by atoms with Gasteiger partial charge in [0.05, 0.1) is 12.1 Å². The summed E-state index contributed by atoms with van der Waals surface area (Å²) in [5.74, 6) is -0.0404. The second-order valence-corrected chi connectivity index (χ2v) is 8.14. The fourth-order valence-corrected chi connectivity index (χ4v) is 4.02. The molecule has 3 N–H and O–H groups in total. The predicted octanol–water partition coefficient (Wildman–Crippen LogP) is 4.60. The fourth-order valence-electron chi connectivity index (χ4n) is 3.36. The lowest BCUT2D eigenvalue weighted by Gasteiger charge is -2.29. The van der Waals surface area contributed by atoms with Gasteiger partial charge in [0.15, 0.2) is 0 Å². The lowest BCUT2D eigenvalue weighted by atomic mass is 10.0. The quantitative estimate of drug-likeness (QED) is 0.576. The molecule has 1 atom stereocenters. The topological polar surface area (TPSA) is 53.2 Å². The summed E-state index contributed by atoms with van der Waals surface area (Å²) in [5.41, 5.74) is 6.19. The van der Waals surface area contributed by atoms with Crippen molar-refractivity contribution in [3.8, 4) is 11.1 Å². The number of aryl methyl sites for hydroxylation is 1. The molecule has 0 aliphatic carbocycles. The fraction of sp³-hybridized carbons (Fsp3) is 0.261. The molecule has 0 spiro atoms. The number of carbonyl (C=O) groups excluding carboxylic acids is 1. The summed E-state index contributed by atoms with van der Waals surface area (Å²) in [6.07, 6.45) is 0. The van der Waals surface area contributed by atoms with Crippen molar-refractivity contribution in [1.29, 1.82) is 0 Å². The van der Waals surface area contributed by atoms with Gasteiger partial charge in [0.2, 0.25) is 0 Å². The first kappa shape index (κ1) is 18.7. The Labute approximate surface area is 170 Å². The van der Waals surface area contributed by atoms with Gasteiger partial charge in [-0.3, -0.25) is 4.79 Å². The molecule has 1 amide bonds. The van der Waals surface area contributed by atoms with Crippen molar-refractivity contribution < 1.29 is 4.79 Å². The highest BCUT2D eigenvalue weighted by atomic mass is 32.1. The molecule has 0 bridgehead atoms. The second kappa shape index (κ2) is 8.17. The maximum atomic E-state index is 12.9. The van der Waals surface area contributed by atoms with Crippen LogP contribution in [0.3, 0.4) is 0 Å². The van der Waals surface area contributed by atoms with Crippen LogP contribution in [0.25, 0.3) is 11.1 Å². The van der Waals surface area contributed by atoms with Crippen molar-refractivity contribution in [3.63, 3.8) is 0 Å². The second-order valence-electron chi connectivity index (χ2n) is 7.36. The average Bonchev–Trinajstić information content (AvgIpc) is 3.20. The third kappa shape index (κ3) is 4.11. The van der Waals surface area contributed by atoms with Crippen LogP contribution in [0.2, 0.25) is 0 Å². The van der Waals surface area contributed by atoms with Gasteiger partial charge in [0.1, 0.15) is 0 Å². The van der Waals surface area contributed by atoms with Crippen molar-refractivity contribution in [2.75, 3.05) is 18.4 Å². The van der Waals surface area contributed by atoms with Crippen molar-refractivity contribution >= 4 is 22.9 Å². The molecule has 2 heterocycles. The van der Waals surface area contributed by atoms with E-state index in [9.17, 15) is 4.79 Å². The molecule has 5 heteroatoms. The Kier molecular flexibility index (Phi) is 5.46. The minimum atomic E-state index is -0.0714. The van der Waals surface area contributed by atoms with Crippen LogP contribution in [0.4, 0.5) is 5.69 Å². The van der Waals surface area contributed by atoms with Gasteiger partial charge in [0.25, 0.3) is 5.91 Å². The average molecular weight is 392 g/mol. The van der Waals surface area contributed by atoms with Crippen LogP contribution >= 0.6 is 11.3 Å². The van der Waals surface area contributed by atoms with Gasteiger partial charge in [0, 0.05) is 24.3 Å². The van der Waals surface area contributed by atoms with E-state index < -0.39 is 0 Å². The minimum absolute atomic E-state index is 0.0404. The Morgan fingerprint density at radius 1 is 1.14 bits per heavy atom. The molecule has 1 saturated heterocycles. The number of carbonyl (C=O) groups is 1. The van der Waals surface area contributed by atoms with Gasteiger partial charge in [-0.05, 0) is 71.1 Å². The zero-order valence-electron chi connectivity index (χ0n) is 16.2. The molecule has 1 aliphatic heterocycles. The molecular formula is C23H25N3OS. The summed E-state index contributed by atoms with van der Waals surface area (Å²) in [4.78, 5) is 12.9. The van der Waals surface area contributed by atoms with Crippen LogP contribution in [0.15, 0.2) is 59.3 Å². The molecule has 1 aromatic heterocycles. The third-order valence-electron chi connectivity index (χ3n) is 5.22. The molecule has 28 heavy (non-hydrogen) atoms. The molecule has 4 nitrogen and oxygen atoms in total. The molecule has 1 aliphatic rings. The monoisotopic (exact) mass is 391 g/mol. The van der Waals surface area contributed by atoms with E-state index in [1.165, 1.54) is 11.1 Å². The SMILES string of the molecule is Cc1ccc(NC2CNC2)cc1C(=O)NC(C)c1cccc(-c2ccsc2)c1. The molecule has 4 rings (SSSR count). The van der Waals surface area contributed by atoms with Crippen LogP contribution in [0.5, 0.6) is 0 Å². The largest absolute Gasteiger partial charge is 0.380 e. The van der Waals surface area contributed by atoms with E-state index >= 15 is 0 Å². The number of hydrogen-bond donors (Lipinski definition) is 3. The number of hydrogen-bond acceptors (Lipinski definition) is 4. The van der Waals surface area contributed by atoms with Crippen molar-refractivity contribution in [2.45, 2.75) is 25.9 Å². The maximum absolute atomic E-state index is 12.9. The number of rotatable bonds is 6. The first-order valence-electron chi connectivity index (χ1n) is 9.61. The van der Waals surface area contributed by atoms with Gasteiger partial charge < -0.3 is 16.0 Å². The zero-order valence-corrected chi connectivity index (χ0v) is 17.0. The molecule has 3 aromatic rings. The first-order chi connectivity index (χ1) is 13.6. The van der Waals surface area contributed by atoms with Crippen LogP contribution in [0.1, 0.15) is 34.5 Å². The Bertz CT molecular complexity index is 964. The minimum Gasteiger partial charge on any atom is -0.380 e. The van der Waals surface area contributed by atoms with Gasteiger partial charge in [-0.1, -0.05) is 24.3 Å². The number of benzene rings is 2. The Hall–Kier alpha value is -2.63. The van der Waals surface area contributed by atoms with E-state index in [-0.39, 0.29) is 11.9 Å². The summed E-state index contributed by atoms with van der Waals surface area (Å²) >= 11 is 1.69. The highest BCUT2D eigenvalue weighted by molar-refractivity contribution is 7.08. The van der Waals surface area contributed by atoms with Crippen LogP contribution in [-0.4, -0.2) is 25.0 Å². The highest BCUT2D eigenvalue weighted by Crippen LogP contribution is 2.25. The van der Waals surface area contributed by atoms with Gasteiger partial charge in [-0.25, -0.2) is 0 Å². The van der Waals surface area contributed by atoms with E-state index in [2.05, 4.69) is 51.0 Å². The van der Waals surface area contributed by atoms with E-state index in [0.29, 0.717) is 6.04 Å². The van der Waals surface area contributed by atoms with E-state index in [1.807, 2.05) is 38.1 Å². The smallest absolute Gasteiger partial charge is 0.252 e. The van der Waals surface area contributed by atoms with Gasteiger partial charge in [-0.15, -0.1) is 0 Å².